The zero-order valence-corrected chi connectivity index (χ0v) is 11.3. The first kappa shape index (κ1) is 13.1. The van der Waals surface area contributed by atoms with E-state index in [0.29, 0.717) is 28.2 Å². The highest BCUT2D eigenvalue weighted by Gasteiger charge is 2.10. The second-order valence-corrected chi connectivity index (χ2v) is 4.62. The average Bonchev–Trinajstić information content (AvgIpc) is 2.36. The summed E-state index contributed by atoms with van der Waals surface area (Å²) >= 11 is 12.1. The first-order valence-corrected chi connectivity index (χ1v) is 6.15. The Morgan fingerprint density at radius 3 is 2.78 bits per heavy atom. The third kappa shape index (κ3) is 2.75. The van der Waals surface area contributed by atoms with Crippen LogP contribution in [0.2, 0.25) is 10.0 Å². The van der Waals surface area contributed by atoms with Crippen molar-refractivity contribution in [2.75, 3.05) is 0 Å². The van der Waals surface area contributed by atoms with Crippen molar-refractivity contribution >= 4 is 23.2 Å². The number of benzene rings is 1. The number of nitrogens with two attached hydrogens (primary N) is 1. The molecule has 2 rings (SSSR count). The molecule has 2 N–H and O–H groups in total. The van der Waals surface area contributed by atoms with E-state index in [4.69, 9.17) is 33.7 Å². The quantitative estimate of drug-likeness (QED) is 0.927. The van der Waals surface area contributed by atoms with Gasteiger partial charge in [0.25, 0.3) is 0 Å². The van der Waals surface area contributed by atoms with E-state index in [9.17, 15) is 0 Å². The van der Waals surface area contributed by atoms with Gasteiger partial charge in [-0.1, -0.05) is 29.3 Å². The summed E-state index contributed by atoms with van der Waals surface area (Å²) in [6, 6.07) is 7.16. The fourth-order valence-electron chi connectivity index (χ4n) is 1.48. The Morgan fingerprint density at radius 2 is 2.06 bits per heavy atom. The van der Waals surface area contributed by atoms with Gasteiger partial charge in [0.05, 0.1) is 0 Å². The van der Waals surface area contributed by atoms with Crippen LogP contribution in [0.5, 0.6) is 11.6 Å². The molecule has 0 unspecified atom stereocenters. The first-order valence-electron chi connectivity index (χ1n) is 5.39. The summed E-state index contributed by atoms with van der Waals surface area (Å²) < 4.78 is 5.68. The van der Waals surface area contributed by atoms with Crippen LogP contribution in [0.25, 0.3) is 0 Å². The topological polar surface area (TPSA) is 48.1 Å². The molecular weight excluding hydrogens is 271 g/mol. The zero-order chi connectivity index (χ0) is 13.1. The molecule has 5 heteroatoms. The lowest BCUT2D eigenvalue weighted by Gasteiger charge is -2.11. The van der Waals surface area contributed by atoms with E-state index in [2.05, 4.69) is 4.98 Å². The molecule has 18 heavy (non-hydrogen) atoms. The second-order valence-electron chi connectivity index (χ2n) is 3.81. The van der Waals surface area contributed by atoms with Crippen molar-refractivity contribution in [2.45, 2.75) is 13.5 Å². The van der Waals surface area contributed by atoms with Crippen LogP contribution in [0.1, 0.15) is 11.1 Å². The summed E-state index contributed by atoms with van der Waals surface area (Å²) in [5.41, 5.74) is 7.33. The fraction of sp³-hybridized carbons (Fsp3) is 0.154. The van der Waals surface area contributed by atoms with Gasteiger partial charge in [-0.3, -0.25) is 0 Å². The molecule has 0 spiro atoms. The van der Waals surface area contributed by atoms with E-state index >= 15 is 0 Å². The van der Waals surface area contributed by atoms with Crippen LogP contribution < -0.4 is 10.5 Å². The molecule has 94 valence electrons. The lowest BCUT2D eigenvalue weighted by atomic mass is 10.2. The van der Waals surface area contributed by atoms with Gasteiger partial charge < -0.3 is 10.5 Å². The van der Waals surface area contributed by atoms with Gasteiger partial charge in [-0.25, -0.2) is 4.98 Å². The minimum Gasteiger partial charge on any atom is -0.437 e. The van der Waals surface area contributed by atoms with Gasteiger partial charge in [0.15, 0.2) is 0 Å². The number of hydrogen-bond donors (Lipinski definition) is 1. The molecule has 0 aliphatic carbocycles. The van der Waals surface area contributed by atoms with Gasteiger partial charge in [0, 0.05) is 17.8 Å². The fourth-order valence-corrected chi connectivity index (χ4v) is 1.87. The largest absolute Gasteiger partial charge is 0.437 e. The maximum atomic E-state index is 6.15. The van der Waals surface area contributed by atoms with Gasteiger partial charge in [0.1, 0.15) is 10.8 Å². The third-order valence-corrected chi connectivity index (χ3v) is 3.15. The van der Waals surface area contributed by atoms with Crippen LogP contribution in [-0.4, -0.2) is 4.98 Å². The summed E-state index contributed by atoms with van der Waals surface area (Å²) in [7, 11) is 0. The molecule has 0 aliphatic rings. The van der Waals surface area contributed by atoms with E-state index in [1.807, 2.05) is 13.0 Å². The highest BCUT2D eigenvalue weighted by atomic mass is 35.5. The van der Waals surface area contributed by atoms with Crippen LogP contribution in [0, 0.1) is 6.92 Å². The second kappa shape index (κ2) is 5.57. The Morgan fingerprint density at radius 1 is 1.28 bits per heavy atom. The van der Waals surface area contributed by atoms with Gasteiger partial charge >= 0.3 is 0 Å². The minimum atomic E-state index is 0.338. The molecule has 0 fully saturated rings. The maximum absolute atomic E-state index is 6.15. The SMILES string of the molecule is Cc1ccc(Cl)cc1Oc1nccc(CN)c1Cl. The van der Waals surface area contributed by atoms with Gasteiger partial charge in [-0.2, -0.15) is 0 Å². The molecule has 1 aromatic carbocycles. The van der Waals surface area contributed by atoms with Crippen LogP contribution in [0.4, 0.5) is 0 Å². The predicted octanol–water partition coefficient (Wildman–Crippen LogP) is 3.95. The normalized spacial score (nSPS) is 10.4. The van der Waals surface area contributed by atoms with E-state index in [0.717, 1.165) is 11.1 Å². The Hall–Kier alpha value is -1.29. The maximum Gasteiger partial charge on any atom is 0.238 e. The molecule has 0 saturated heterocycles. The summed E-state index contributed by atoms with van der Waals surface area (Å²) in [5, 5.41) is 1.03. The molecular formula is C13H12Cl2N2O. The van der Waals surface area contributed by atoms with E-state index < -0.39 is 0 Å². The predicted molar refractivity (Wildman–Crippen MR) is 73.4 cm³/mol. The van der Waals surface area contributed by atoms with Crippen molar-refractivity contribution in [3.8, 4) is 11.6 Å². The minimum absolute atomic E-state index is 0.338. The molecule has 0 amide bonds. The molecule has 0 radical (unpaired) electrons. The number of aromatic nitrogens is 1. The van der Waals surface area contributed by atoms with Crippen LogP contribution in [0.15, 0.2) is 30.5 Å². The van der Waals surface area contributed by atoms with E-state index in [1.165, 1.54) is 0 Å². The smallest absolute Gasteiger partial charge is 0.238 e. The van der Waals surface area contributed by atoms with Crippen LogP contribution >= 0.6 is 23.2 Å². The Labute approximate surface area is 115 Å². The lowest BCUT2D eigenvalue weighted by Crippen LogP contribution is -2.00. The van der Waals surface area contributed by atoms with Crippen molar-refractivity contribution in [3.05, 3.63) is 51.6 Å². The number of hydrogen-bond acceptors (Lipinski definition) is 3. The number of pyridine rings is 1. The van der Waals surface area contributed by atoms with Crippen molar-refractivity contribution < 1.29 is 4.74 Å². The standard InChI is InChI=1S/C13H12Cl2N2O/c1-8-2-3-10(14)6-11(8)18-13-12(15)9(7-16)4-5-17-13/h2-6H,7,16H2,1H3. The summed E-state index contributed by atoms with van der Waals surface area (Å²) in [6.07, 6.45) is 1.61. The average molecular weight is 283 g/mol. The zero-order valence-electron chi connectivity index (χ0n) is 9.78. The summed E-state index contributed by atoms with van der Waals surface area (Å²) in [6.45, 7) is 2.26. The molecule has 1 aromatic heterocycles. The molecule has 0 saturated carbocycles. The number of rotatable bonds is 3. The van der Waals surface area contributed by atoms with Crippen LogP contribution in [0.3, 0.4) is 0 Å². The highest BCUT2D eigenvalue weighted by Crippen LogP contribution is 2.32. The number of halogens is 2. The molecule has 0 aliphatic heterocycles. The lowest BCUT2D eigenvalue weighted by molar-refractivity contribution is 0.459. The van der Waals surface area contributed by atoms with E-state index in [-0.39, 0.29) is 0 Å². The Balaban J connectivity index is 2.37. The number of aryl methyl sites for hydroxylation is 1. The van der Waals surface area contributed by atoms with Gasteiger partial charge in [-0.15, -0.1) is 0 Å². The van der Waals surface area contributed by atoms with Gasteiger partial charge in [0.2, 0.25) is 5.88 Å². The van der Waals surface area contributed by atoms with Crippen molar-refractivity contribution in [1.82, 2.24) is 4.98 Å². The monoisotopic (exact) mass is 282 g/mol. The first-order chi connectivity index (χ1) is 8.61. The van der Waals surface area contributed by atoms with E-state index in [1.54, 1.807) is 24.4 Å². The molecule has 3 nitrogen and oxygen atoms in total. The van der Waals surface area contributed by atoms with Crippen LogP contribution in [-0.2, 0) is 6.54 Å². The Kier molecular flexibility index (Phi) is 4.07. The Bertz CT molecular complexity index is 573. The molecule has 0 atom stereocenters. The number of ether oxygens (including phenoxy) is 1. The summed E-state index contributed by atoms with van der Waals surface area (Å²) in [4.78, 5) is 4.10. The molecule has 0 bridgehead atoms. The van der Waals surface area contributed by atoms with Crippen molar-refractivity contribution in [3.63, 3.8) is 0 Å². The molecule has 1 heterocycles. The molecule has 2 aromatic rings. The summed E-state index contributed by atoms with van der Waals surface area (Å²) in [5.74, 6) is 0.969. The van der Waals surface area contributed by atoms with Crippen molar-refractivity contribution in [1.29, 1.82) is 0 Å². The van der Waals surface area contributed by atoms with Crippen molar-refractivity contribution in [2.24, 2.45) is 5.73 Å². The number of nitrogens with zero attached hydrogens (tertiary/aromatic N) is 1. The highest BCUT2D eigenvalue weighted by molar-refractivity contribution is 6.32. The van der Waals surface area contributed by atoms with Gasteiger partial charge in [-0.05, 0) is 36.2 Å². The third-order valence-electron chi connectivity index (χ3n) is 2.51.